The second-order valence-electron chi connectivity index (χ2n) is 7.16. The van der Waals surface area contributed by atoms with Crippen molar-refractivity contribution in [2.45, 2.75) is 31.7 Å². The molecule has 7 heteroatoms. The summed E-state index contributed by atoms with van der Waals surface area (Å²) in [5.74, 6) is 1.91. The molecule has 1 saturated heterocycles. The summed E-state index contributed by atoms with van der Waals surface area (Å²) in [6.45, 7) is 8.90. The van der Waals surface area contributed by atoms with Gasteiger partial charge in [-0.2, -0.15) is 0 Å². The number of nitrogens with zero attached hydrogens (tertiary/aromatic N) is 4. The van der Waals surface area contributed by atoms with Crippen LogP contribution in [0, 0.1) is 6.92 Å². The van der Waals surface area contributed by atoms with Crippen molar-refractivity contribution in [2.75, 3.05) is 44.4 Å². The number of rotatable bonds is 5. The third kappa shape index (κ3) is 4.09. The van der Waals surface area contributed by atoms with E-state index < -0.39 is 0 Å². The maximum atomic E-state index is 13.2. The van der Waals surface area contributed by atoms with Gasteiger partial charge in [-0.05, 0) is 25.3 Å². The van der Waals surface area contributed by atoms with Gasteiger partial charge in [-0.15, -0.1) is 11.8 Å². The molecule has 2 heterocycles. The fourth-order valence-electron chi connectivity index (χ4n) is 3.42. The zero-order valence-corrected chi connectivity index (χ0v) is 18.0. The Bertz CT molecular complexity index is 848. The van der Waals surface area contributed by atoms with Gasteiger partial charge in [0, 0.05) is 32.1 Å². The number of piperazine rings is 1. The summed E-state index contributed by atoms with van der Waals surface area (Å²) in [7, 11) is 1.69. The van der Waals surface area contributed by atoms with E-state index in [-0.39, 0.29) is 11.8 Å². The van der Waals surface area contributed by atoms with Crippen LogP contribution in [-0.4, -0.2) is 60.3 Å². The van der Waals surface area contributed by atoms with Gasteiger partial charge in [-0.25, -0.2) is 9.97 Å². The van der Waals surface area contributed by atoms with Crippen LogP contribution in [-0.2, 0) is 0 Å². The van der Waals surface area contributed by atoms with Crippen LogP contribution in [0.2, 0.25) is 0 Å². The summed E-state index contributed by atoms with van der Waals surface area (Å²) in [5, 5.41) is 0.772. The van der Waals surface area contributed by atoms with E-state index in [9.17, 15) is 4.79 Å². The van der Waals surface area contributed by atoms with E-state index in [1.165, 1.54) is 11.8 Å². The first kappa shape index (κ1) is 20.5. The van der Waals surface area contributed by atoms with E-state index in [2.05, 4.69) is 34.8 Å². The van der Waals surface area contributed by atoms with E-state index in [0.29, 0.717) is 18.7 Å². The lowest BCUT2D eigenvalue weighted by molar-refractivity contribution is 0.0740. The molecule has 6 nitrogen and oxygen atoms in total. The quantitative estimate of drug-likeness (QED) is 0.565. The number of hydrogen-bond donors (Lipinski definition) is 0. The van der Waals surface area contributed by atoms with Crippen LogP contribution in [0.4, 0.5) is 5.69 Å². The Balaban J connectivity index is 1.77. The van der Waals surface area contributed by atoms with Crippen LogP contribution < -0.4 is 9.64 Å². The van der Waals surface area contributed by atoms with Crippen molar-refractivity contribution in [3.8, 4) is 5.75 Å². The predicted octanol–water partition coefficient (Wildman–Crippen LogP) is 3.60. The lowest BCUT2D eigenvalue weighted by Crippen LogP contribution is -2.49. The van der Waals surface area contributed by atoms with Crippen LogP contribution in [0.15, 0.2) is 29.3 Å². The Kier molecular flexibility index (Phi) is 6.44. The van der Waals surface area contributed by atoms with Crippen LogP contribution in [0.3, 0.4) is 0 Å². The first-order valence-electron chi connectivity index (χ1n) is 9.56. The molecule has 0 aliphatic carbocycles. The van der Waals surface area contributed by atoms with Gasteiger partial charge in [-0.3, -0.25) is 4.79 Å². The average molecular weight is 401 g/mol. The molecule has 0 saturated carbocycles. The van der Waals surface area contributed by atoms with Crippen molar-refractivity contribution in [3.63, 3.8) is 0 Å². The molecule has 1 amide bonds. The molecule has 1 aromatic heterocycles. The standard InChI is InChI=1S/C21H28N4O2S/c1-14(2)19-22-15(3)18(20(23-19)28-5)21(26)25-12-10-24(11-13-25)16-8-6-7-9-17(16)27-4/h6-9,14H,10-13H2,1-5H3. The van der Waals surface area contributed by atoms with Crippen molar-refractivity contribution in [1.82, 2.24) is 14.9 Å². The smallest absolute Gasteiger partial charge is 0.258 e. The first-order valence-corrected chi connectivity index (χ1v) is 10.8. The van der Waals surface area contributed by atoms with E-state index in [1.807, 2.05) is 36.3 Å². The van der Waals surface area contributed by atoms with E-state index in [0.717, 1.165) is 41.1 Å². The molecule has 1 aliphatic rings. The Morgan fingerprint density at radius 2 is 1.82 bits per heavy atom. The second-order valence-corrected chi connectivity index (χ2v) is 7.95. The van der Waals surface area contributed by atoms with Crippen molar-refractivity contribution in [2.24, 2.45) is 0 Å². The van der Waals surface area contributed by atoms with Gasteiger partial charge in [0.2, 0.25) is 0 Å². The molecule has 28 heavy (non-hydrogen) atoms. The van der Waals surface area contributed by atoms with Crippen molar-refractivity contribution >= 4 is 23.4 Å². The molecule has 0 radical (unpaired) electrons. The minimum Gasteiger partial charge on any atom is -0.495 e. The summed E-state index contributed by atoms with van der Waals surface area (Å²) in [4.78, 5) is 26.6. The molecule has 0 atom stereocenters. The molecule has 1 fully saturated rings. The van der Waals surface area contributed by atoms with Gasteiger partial charge in [0.25, 0.3) is 5.91 Å². The first-order chi connectivity index (χ1) is 13.5. The van der Waals surface area contributed by atoms with Crippen molar-refractivity contribution in [3.05, 3.63) is 41.3 Å². The number of aryl methyl sites for hydroxylation is 1. The number of anilines is 1. The number of hydrogen-bond acceptors (Lipinski definition) is 6. The van der Waals surface area contributed by atoms with Gasteiger partial charge in [-0.1, -0.05) is 26.0 Å². The fourth-order valence-corrected chi connectivity index (χ4v) is 4.04. The number of carbonyl (C=O) groups excluding carboxylic acids is 1. The molecule has 1 aliphatic heterocycles. The van der Waals surface area contributed by atoms with Crippen molar-refractivity contribution in [1.29, 1.82) is 0 Å². The topological polar surface area (TPSA) is 58.6 Å². The highest BCUT2D eigenvalue weighted by Crippen LogP contribution is 2.29. The summed E-state index contributed by atoms with van der Waals surface area (Å²) in [6, 6.07) is 8.01. The summed E-state index contributed by atoms with van der Waals surface area (Å²) >= 11 is 1.51. The monoisotopic (exact) mass is 400 g/mol. The molecule has 0 unspecified atom stereocenters. The third-order valence-corrected chi connectivity index (χ3v) is 5.67. The largest absolute Gasteiger partial charge is 0.495 e. The predicted molar refractivity (Wildman–Crippen MR) is 114 cm³/mol. The highest BCUT2D eigenvalue weighted by Gasteiger charge is 2.27. The third-order valence-electron chi connectivity index (χ3n) is 4.99. The molecular formula is C21H28N4O2S. The number of methoxy groups -OCH3 is 1. The number of amides is 1. The minimum atomic E-state index is 0.0248. The summed E-state index contributed by atoms with van der Waals surface area (Å²) in [6.07, 6.45) is 1.96. The molecule has 150 valence electrons. The lowest BCUT2D eigenvalue weighted by Gasteiger charge is -2.37. The van der Waals surface area contributed by atoms with Crippen LogP contribution >= 0.6 is 11.8 Å². The van der Waals surface area contributed by atoms with Gasteiger partial charge in [0.05, 0.1) is 24.1 Å². The van der Waals surface area contributed by atoms with Crippen LogP contribution in [0.1, 0.15) is 41.6 Å². The number of benzene rings is 1. The Labute approximate surface area is 171 Å². The van der Waals surface area contributed by atoms with Gasteiger partial charge in [0.1, 0.15) is 16.6 Å². The highest BCUT2D eigenvalue weighted by atomic mass is 32.2. The maximum absolute atomic E-state index is 13.2. The number of aromatic nitrogens is 2. The van der Waals surface area contributed by atoms with Gasteiger partial charge >= 0.3 is 0 Å². The van der Waals surface area contributed by atoms with Crippen LogP contribution in [0.5, 0.6) is 5.75 Å². The van der Waals surface area contributed by atoms with Crippen molar-refractivity contribution < 1.29 is 9.53 Å². The summed E-state index contributed by atoms with van der Waals surface area (Å²) in [5.41, 5.74) is 2.48. The SMILES string of the molecule is COc1ccccc1N1CCN(C(=O)c2c(C)nc(C(C)C)nc2SC)CC1. The minimum absolute atomic E-state index is 0.0248. The average Bonchev–Trinajstić information content (AvgIpc) is 2.72. The van der Waals surface area contributed by atoms with Gasteiger partial charge in [0.15, 0.2) is 0 Å². The zero-order chi connectivity index (χ0) is 20.3. The molecule has 0 N–H and O–H groups in total. The fraction of sp³-hybridized carbons (Fsp3) is 0.476. The van der Waals surface area contributed by atoms with Crippen LogP contribution in [0.25, 0.3) is 0 Å². The number of carbonyl (C=O) groups is 1. The van der Waals surface area contributed by atoms with E-state index >= 15 is 0 Å². The zero-order valence-electron chi connectivity index (χ0n) is 17.2. The molecule has 0 spiro atoms. The Morgan fingerprint density at radius 3 is 2.43 bits per heavy atom. The lowest BCUT2D eigenvalue weighted by atomic mass is 10.1. The Morgan fingerprint density at radius 1 is 1.14 bits per heavy atom. The maximum Gasteiger partial charge on any atom is 0.258 e. The van der Waals surface area contributed by atoms with E-state index in [4.69, 9.17) is 4.74 Å². The number of thioether (sulfide) groups is 1. The summed E-state index contributed by atoms with van der Waals surface area (Å²) < 4.78 is 5.48. The Hall–Kier alpha value is -2.28. The number of para-hydroxylation sites is 2. The molecule has 3 rings (SSSR count). The molecule has 2 aromatic rings. The second kappa shape index (κ2) is 8.82. The molecule has 0 bridgehead atoms. The normalized spacial score (nSPS) is 14.5. The van der Waals surface area contributed by atoms with E-state index in [1.54, 1.807) is 7.11 Å². The number of ether oxygens (including phenoxy) is 1. The molecular weight excluding hydrogens is 372 g/mol. The van der Waals surface area contributed by atoms with Gasteiger partial charge < -0.3 is 14.5 Å². The molecule has 1 aromatic carbocycles. The highest BCUT2D eigenvalue weighted by molar-refractivity contribution is 7.98.